The number of aromatic nitrogens is 1. The molecule has 2 rings (SSSR count). The fourth-order valence-corrected chi connectivity index (χ4v) is 7.64. The van der Waals surface area contributed by atoms with Crippen LogP contribution in [0.4, 0.5) is 0 Å². The molecule has 0 unspecified atom stereocenters. The number of benzene rings is 1. The molecule has 0 N–H and O–H groups in total. The Labute approximate surface area is 134 Å². The minimum atomic E-state index is -0.547. The molecule has 0 aliphatic carbocycles. The molecule has 0 bridgehead atoms. The van der Waals surface area contributed by atoms with Gasteiger partial charge in [0, 0.05) is 18.3 Å². The van der Waals surface area contributed by atoms with E-state index in [1.165, 1.54) is 39.7 Å². The summed E-state index contributed by atoms with van der Waals surface area (Å²) in [5.74, 6) is 1.76. The van der Waals surface area contributed by atoms with Crippen LogP contribution in [-0.2, 0) is 6.54 Å². The van der Waals surface area contributed by atoms with Crippen LogP contribution < -0.4 is 0 Å². The summed E-state index contributed by atoms with van der Waals surface area (Å²) in [7, 11) is 0. The fourth-order valence-electron chi connectivity index (χ4n) is 3.55. The van der Waals surface area contributed by atoms with Crippen LogP contribution in [0, 0.1) is 11.8 Å². The van der Waals surface area contributed by atoms with Crippen molar-refractivity contribution in [3.63, 3.8) is 0 Å². The molecule has 1 aromatic heterocycles. The van der Waals surface area contributed by atoms with Gasteiger partial charge in [0.2, 0.25) is 0 Å². The minimum absolute atomic E-state index is 0.547. The van der Waals surface area contributed by atoms with Crippen LogP contribution in [0.2, 0.25) is 15.8 Å². The lowest BCUT2D eigenvalue weighted by Crippen LogP contribution is -2.18. The Hall–Kier alpha value is -0.708. The lowest BCUT2D eigenvalue weighted by atomic mass is 10.2. The van der Waals surface area contributed by atoms with E-state index in [-0.39, 0.29) is 0 Å². The summed E-state index contributed by atoms with van der Waals surface area (Å²) in [5, 5.41) is 5.91. The Morgan fingerprint density at radius 3 is 2.29 bits per heavy atom. The monoisotopic (exact) mass is 299 g/mol. The van der Waals surface area contributed by atoms with Crippen molar-refractivity contribution in [3.05, 3.63) is 36.5 Å². The maximum absolute atomic E-state index is 2.44. The van der Waals surface area contributed by atoms with Gasteiger partial charge in [0.1, 0.15) is 0 Å². The number of hydrogen-bond donors (Lipinski definition) is 0. The van der Waals surface area contributed by atoms with Gasteiger partial charge in [-0.1, -0.05) is 73.6 Å². The zero-order valence-electron chi connectivity index (χ0n) is 14.2. The topological polar surface area (TPSA) is 4.93 Å². The van der Waals surface area contributed by atoms with Gasteiger partial charge in [-0.2, -0.15) is 0 Å². The molecule has 0 spiro atoms. The molecule has 0 fully saturated rings. The van der Waals surface area contributed by atoms with Gasteiger partial charge in [0.25, 0.3) is 14.1 Å². The summed E-state index contributed by atoms with van der Waals surface area (Å²) in [6.07, 6.45) is 3.61. The van der Waals surface area contributed by atoms with Crippen molar-refractivity contribution < 1.29 is 0 Å². The first kappa shape index (κ1) is 16.7. The molecule has 1 heterocycles. The van der Waals surface area contributed by atoms with E-state index >= 15 is 0 Å². The van der Waals surface area contributed by atoms with E-state index in [0.717, 1.165) is 11.8 Å². The molecule has 2 heteroatoms. The van der Waals surface area contributed by atoms with Crippen molar-refractivity contribution in [2.45, 2.75) is 56.5 Å². The second kappa shape index (κ2) is 8.06. The second-order valence-electron chi connectivity index (χ2n) is 7.34. The first-order chi connectivity index (χ1) is 10.1. The predicted octanol–water partition coefficient (Wildman–Crippen LogP) is 5.84. The van der Waals surface area contributed by atoms with Crippen LogP contribution in [0.3, 0.4) is 0 Å². The molecule has 0 amide bonds. The van der Waals surface area contributed by atoms with E-state index in [4.69, 9.17) is 0 Å². The molecule has 0 saturated carbocycles. The number of rotatable bonds is 8. The summed E-state index contributed by atoms with van der Waals surface area (Å²) in [4.78, 5) is 0. The smallest absolute Gasteiger partial charge is 0.262 e. The lowest BCUT2D eigenvalue weighted by molar-refractivity contribution is 0.663. The van der Waals surface area contributed by atoms with Gasteiger partial charge < -0.3 is 4.57 Å². The van der Waals surface area contributed by atoms with Gasteiger partial charge in [0.15, 0.2) is 0 Å². The van der Waals surface area contributed by atoms with E-state index in [2.05, 4.69) is 68.8 Å². The second-order valence-corrected chi connectivity index (χ2v) is 10.6. The highest BCUT2D eigenvalue weighted by molar-refractivity contribution is 6.58. The summed E-state index contributed by atoms with van der Waals surface area (Å²) in [5.41, 5.74) is 1.39. The van der Waals surface area contributed by atoms with E-state index in [1.807, 2.05) is 0 Å². The normalized spacial score (nSPS) is 11.7. The largest absolute Gasteiger partial charge is 0.348 e. The van der Waals surface area contributed by atoms with E-state index in [0.29, 0.717) is 0 Å². The van der Waals surface area contributed by atoms with Crippen molar-refractivity contribution in [2.24, 2.45) is 11.8 Å². The SMILES string of the molecule is CC(C)[CH2][Al]([CH2]CCn1ccc2ccccc21)[CH2]C(C)C. The maximum atomic E-state index is 2.44. The Morgan fingerprint density at radius 2 is 1.62 bits per heavy atom. The quantitative estimate of drug-likeness (QED) is 0.540. The molecule has 0 atom stereocenters. The van der Waals surface area contributed by atoms with Crippen LogP contribution in [0.1, 0.15) is 34.1 Å². The predicted molar refractivity (Wildman–Crippen MR) is 96.4 cm³/mol. The van der Waals surface area contributed by atoms with Gasteiger partial charge in [-0.3, -0.25) is 0 Å². The van der Waals surface area contributed by atoms with E-state index in [9.17, 15) is 0 Å². The van der Waals surface area contributed by atoms with Crippen LogP contribution in [0.25, 0.3) is 10.9 Å². The molecule has 0 aliphatic heterocycles. The number of nitrogens with zero attached hydrogens (tertiary/aromatic N) is 1. The van der Waals surface area contributed by atoms with Gasteiger partial charge >= 0.3 is 0 Å². The first-order valence-electron chi connectivity index (χ1n) is 8.60. The van der Waals surface area contributed by atoms with Crippen LogP contribution in [0.5, 0.6) is 0 Å². The third-order valence-electron chi connectivity index (χ3n) is 4.30. The van der Waals surface area contributed by atoms with E-state index < -0.39 is 14.1 Å². The zero-order chi connectivity index (χ0) is 15.2. The third kappa shape index (κ3) is 5.20. The zero-order valence-corrected chi connectivity index (χ0v) is 15.3. The molecule has 0 saturated heterocycles. The molecule has 21 heavy (non-hydrogen) atoms. The van der Waals surface area contributed by atoms with Gasteiger partial charge in [-0.15, -0.1) is 0 Å². The maximum Gasteiger partial charge on any atom is 0.262 e. The summed E-state index contributed by atoms with van der Waals surface area (Å²) in [6, 6.07) is 11.0. The highest BCUT2D eigenvalue weighted by atomic mass is 27.2. The van der Waals surface area contributed by atoms with Crippen LogP contribution >= 0.6 is 0 Å². The minimum Gasteiger partial charge on any atom is -0.348 e. The third-order valence-corrected chi connectivity index (χ3v) is 8.74. The van der Waals surface area contributed by atoms with Gasteiger partial charge in [0.05, 0.1) is 0 Å². The molecule has 114 valence electrons. The Morgan fingerprint density at radius 1 is 0.952 bits per heavy atom. The molecule has 0 aliphatic rings. The molecule has 1 nitrogen and oxygen atoms in total. The summed E-state index contributed by atoms with van der Waals surface area (Å²) < 4.78 is 2.44. The number of aryl methyl sites for hydroxylation is 1. The first-order valence-corrected chi connectivity index (χ1v) is 11.0. The van der Waals surface area contributed by atoms with Crippen molar-refractivity contribution in [2.75, 3.05) is 0 Å². The standard InChI is InChI=1S/C11H12N.2C4H9.Al/c1-2-8-12-9-7-10-5-3-4-6-11(10)12;2*1-4(2)3;/h3-7,9H,1-2,8H2;2*4H,1H2,2-3H3;. The van der Waals surface area contributed by atoms with Gasteiger partial charge in [-0.05, 0) is 23.9 Å². The fraction of sp³-hybridized carbons (Fsp3) is 0.579. The van der Waals surface area contributed by atoms with Crippen molar-refractivity contribution in [3.8, 4) is 0 Å². The number of fused-ring (bicyclic) bond motifs is 1. The van der Waals surface area contributed by atoms with Crippen molar-refractivity contribution in [1.29, 1.82) is 0 Å². The average molecular weight is 299 g/mol. The molecule has 0 radical (unpaired) electrons. The summed E-state index contributed by atoms with van der Waals surface area (Å²) >= 11 is -0.547. The van der Waals surface area contributed by atoms with E-state index in [1.54, 1.807) is 0 Å². The molecule has 1 aromatic carbocycles. The lowest BCUT2D eigenvalue weighted by Gasteiger charge is -2.16. The Balaban J connectivity index is 1.89. The summed E-state index contributed by atoms with van der Waals surface area (Å²) in [6.45, 7) is 10.7. The average Bonchev–Trinajstić information content (AvgIpc) is 2.81. The highest BCUT2D eigenvalue weighted by Crippen LogP contribution is 2.21. The van der Waals surface area contributed by atoms with Crippen molar-refractivity contribution in [1.82, 2.24) is 4.57 Å². The Bertz CT molecular complexity index is 531. The van der Waals surface area contributed by atoms with Crippen molar-refractivity contribution >= 4 is 25.1 Å². The van der Waals surface area contributed by atoms with Gasteiger partial charge in [-0.25, -0.2) is 0 Å². The molecule has 2 aromatic rings. The number of para-hydroxylation sites is 1. The number of hydrogen-bond acceptors (Lipinski definition) is 0. The molecular weight excluding hydrogens is 269 g/mol. The molecular formula is C19H30AlN. The Kier molecular flexibility index (Phi) is 6.40. The highest BCUT2D eigenvalue weighted by Gasteiger charge is 2.19. The van der Waals surface area contributed by atoms with Crippen LogP contribution in [-0.4, -0.2) is 18.7 Å². The van der Waals surface area contributed by atoms with Crippen LogP contribution in [0.15, 0.2) is 36.5 Å².